The van der Waals surface area contributed by atoms with Crippen molar-refractivity contribution in [1.29, 1.82) is 0 Å². The van der Waals surface area contributed by atoms with Crippen molar-refractivity contribution in [2.45, 2.75) is 78.5 Å². The Morgan fingerprint density at radius 3 is 2.74 bits per heavy atom. The zero-order valence-electron chi connectivity index (χ0n) is 26.9. The summed E-state index contributed by atoms with van der Waals surface area (Å²) in [5, 5.41) is 3.31. The molecule has 3 aromatic rings. The summed E-state index contributed by atoms with van der Waals surface area (Å²) < 4.78 is 24.6. The zero-order chi connectivity index (χ0) is 32.3. The maximum atomic E-state index is 15.5. The molecule has 3 aliphatic heterocycles. The Hall–Kier alpha value is -4.56. The largest absolute Gasteiger partial charge is 0.461 e. The van der Waals surface area contributed by atoms with Crippen molar-refractivity contribution in [1.82, 2.24) is 14.0 Å². The van der Waals surface area contributed by atoms with Gasteiger partial charge in [-0.3, -0.25) is 14.4 Å². The predicted octanol–water partition coefficient (Wildman–Crippen LogP) is 5.51. The van der Waals surface area contributed by atoms with Crippen molar-refractivity contribution < 1.29 is 18.7 Å². The third kappa shape index (κ3) is 5.45. The number of rotatable bonds is 6. The van der Waals surface area contributed by atoms with Gasteiger partial charge in [-0.1, -0.05) is 19.6 Å². The molecule has 1 unspecified atom stereocenters. The van der Waals surface area contributed by atoms with E-state index in [4.69, 9.17) is 4.74 Å². The van der Waals surface area contributed by atoms with E-state index < -0.39 is 11.8 Å². The molecule has 2 aromatic heterocycles. The number of nitrogens with one attached hydrogen (secondary N) is 1. The number of amides is 1. The Kier molecular flexibility index (Phi) is 7.43. The second kappa shape index (κ2) is 11.4. The van der Waals surface area contributed by atoms with E-state index in [1.165, 1.54) is 47.7 Å². The number of pyridine rings is 1. The number of benzene rings is 1. The Morgan fingerprint density at radius 2 is 1.93 bits per heavy atom. The smallest absolute Gasteiger partial charge is 0.302 e. The molecule has 1 amide bonds. The standard InChI is InChI=1S/C36H40FN5O4/c1-22(43)46-21-29-28(24-13-30(34(44)39(4)20-24)38-26-8-10-40-9-6-5-7-27(40)17-26)15-25(37)16-31(29)42-12-11-41-32(35(42)45)14-23-18-36(2,3)19-33(23)41/h10,13-16,20,27,38H,5-7,9,11-12,17-19,21H2,1-4H3. The lowest BCUT2D eigenvalue weighted by atomic mass is 9.90. The second-order valence-corrected chi connectivity index (χ2v) is 13.9. The van der Waals surface area contributed by atoms with Gasteiger partial charge in [-0.15, -0.1) is 0 Å². The maximum Gasteiger partial charge on any atom is 0.302 e. The molecule has 46 heavy (non-hydrogen) atoms. The molecule has 4 aliphatic rings. The van der Waals surface area contributed by atoms with Crippen LogP contribution in [0.5, 0.6) is 0 Å². The summed E-state index contributed by atoms with van der Waals surface area (Å²) >= 11 is 0. The quantitative estimate of drug-likeness (QED) is 0.287. The van der Waals surface area contributed by atoms with Crippen LogP contribution in [0.1, 0.15) is 73.8 Å². The average Bonchev–Trinajstić information content (AvgIpc) is 3.50. The van der Waals surface area contributed by atoms with Gasteiger partial charge in [-0.2, -0.15) is 0 Å². The first-order valence-electron chi connectivity index (χ1n) is 16.2. The third-order valence-electron chi connectivity index (χ3n) is 9.82. The summed E-state index contributed by atoms with van der Waals surface area (Å²) in [7, 11) is 1.65. The summed E-state index contributed by atoms with van der Waals surface area (Å²) in [4.78, 5) is 43.2. The van der Waals surface area contributed by atoms with Crippen LogP contribution in [0.15, 0.2) is 52.9 Å². The number of hydrogen-bond acceptors (Lipinski definition) is 6. The van der Waals surface area contributed by atoms with Crippen LogP contribution in [0.2, 0.25) is 0 Å². The number of piperidine rings is 1. The lowest BCUT2D eigenvalue weighted by Crippen LogP contribution is -2.41. The van der Waals surface area contributed by atoms with Crippen molar-refractivity contribution in [3.63, 3.8) is 0 Å². The molecule has 1 aliphatic carbocycles. The Bertz CT molecular complexity index is 1900. The average molecular weight is 626 g/mol. The Morgan fingerprint density at radius 1 is 1.11 bits per heavy atom. The first kappa shape index (κ1) is 30.1. The van der Waals surface area contributed by atoms with Crippen LogP contribution in [0.3, 0.4) is 0 Å². The summed E-state index contributed by atoms with van der Waals surface area (Å²) in [5.74, 6) is -1.24. The van der Waals surface area contributed by atoms with E-state index in [-0.39, 0.29) is 23.5 Å². The van der Waals surface area contributed by atoms with Gasteiger partial charge in [0.2, 0.25) is 0 Å². The fourth-order valence-corrected chi connectivity index (χ4v) is 7.65. The van der Waals surface area contributed by atoms with Gasteiger partial charge in [0.1, 0.15) is 23.8 Å². The molecule has 10 heteroatoms. The number of nitrogens with zero attached hydrogens (tertiary/aromatic N) is 4. The number of halogens is 1. The fraction of sp³-hybridized carbons (Fsp3) is 0.444. The van der Waals surface area contributed by atoms with Gasteiger partial charge in [-0.05, 0) is 72.9 Å². The van der Waals surface area contributed by atoms with Crippen molar-refractivity contribution >= 4 is 23.3 Å². The highest BCUT2D eigenvalue weighted by atomic mass is 19.1. The SMILES string of the molecule is CC(=O)OCc1c(-c2cc(NC3=C=CN4CCCCC4C3)c(=O)n(C)c2)cc(F)cc1N1CCn2c(cc3c2CC(C)(C)C3)C1=O. The molecule has 1 aromatic carbocycles. The minimum atomic E-state index is -0.534. The van der Waals surface area contributed by atoms with Gasteiger partial charge in [0.05, 0.1) is 11.4 Å². The van der Waals surface area contributed by atoms with Gasteiger partial charge >= 0.3 is 5.97 Å². The number of aryl methyl sites for hydroxylation is 1. The molecule has 9 nitrogen and oxygen atoms in total. The second-order valence-electron chi connectivity index (χ2n) is 13.9. The Balaban J connectivity index is 1.28. The molecule has 7 rings (SSSR count). The monoisotopic (exact) mass is 625 g/mol. The number of ether oxygens (including phenoxy) is 1. The van der Waals surface area contributed by atoms with Gasteiger partial charge < -0.3 is 29.0 Å². The maximum absolute atomic E-state index is 15.5. The molecule has 1 fully saturated rings. The van der Waals surface area contributed by atoms with Gasteiger partial charge in [0.25, 0.3) is 11.5 Å². The van der Waals surface area contributed by atoms with E-state index in [0.717, 1.165) is 37.9 Å². The van der Waals surface area contributed by atoms with Crippen molar-refractivity contribution in [2.24, 2.45) is 12.5 Å². The van der Waals surface area contributed by atoms with Gasteiger partial charge in [-0.25, -0.2) is 4.39 Å². The summed E-state index contributed by atoms with van der Waals surface area (Å²) in [6.07, 6.45) is 9.63. The van der Waals surface area contributed by atoms with Crippen LogP contribution in [-0.4, -0.2) is 45.0 Å². The number of esters is 1. The van der Waals surface area contributed by atoms with Crippen LogP contribution >= 0.6 is 0 Å². The normalized spacial score (nSPS) is 19.8. The molecule has 1 N–H and O–H groups in total. The third-order valence-corrected chi connectivity index (χ3v) is 9.82. The highest BCUT2D eigenvalue weighted by Crippen LogP contribution is 2.41. The zero-order valence-corrected chi connectivity index (χ0v) is 26.9. The molecule has 0 spiro atoms. The van der Waals surface area contributed by atoms with Crippen LogP contribution < -0.4 is 15.8 Å². The lowest BCUT2D eigenvalue weighted by Gasteiger charge is -2.36. The molecule has 240 valence electrons. The molecule has 1 atom stereocenters. The highest BCUT2D eigenvalue weighted by Gasteiger charge is 2.37. The number of anilines is 2. The first-order valence-corrected chi connectivity index (χ1v) is 16.2. The fourth-order valence-electron chi connectivity index (χ4n) is 7.65. The van der Waals surface area contributed by atoms with E-state index >= 15 is 4.39 Å². The number of hydrogen-bond donors (Lipinski definition) is 1. The number of aromatic nitrogens is 2. The van der Waals surface area contributed by atoms with Gasteiger partial charge in [0, 0.05) is 75.3 Å². The number of carbonyl (C=O) groups excluding carboxylic acids is 2. The Labute approximate surface area is 267 Å². The van der Waals surface area contributed by atoms with E-state index in [1.54, 1.807) is 24.2 Å². The highest BCUT2D eigenvalue weighted by molar-refractivity contribution is 6.07. The van der Waals surface area contributed by atoms with Crippen molar-refractivity contribution in [2.75, 3.05) is 23.3 Å². The minimum absolute atomic E-state index is 0.158. The van der Waals surface area contributed by atoms with Crippen LogP contribution in [0.25, 0.3) is 11.1 Å². The van der Waals surface area contributed by atoms with Gasteiger partial charge in [0.15, 0.2) is 0 Å². The van der Waals surface area contributed by atoms with Crippen molar-refractivity contribution in [3.05, 3.63) is 86.8 Å². The van der Waals surface area contributed by atoms with E-state index in [9.17, 15) is 14.4 Å². The topological polar surface area (TPSA) is 88.8 Å². The van der Waals surface area contributed by atoms with Crippen LogP contribution in [0.4, 0.5) is 15.8 Å². The number of fused-ring (bicyclic) bond motifs is 4. The van der Waals surface area contributed by atoms with Crippen LogP contribution in [0, 0.1) is 11.2 Å². The molecule has 5 heterocycles. The molecule has 0 bridgehead atoms. The summed E-state index contributed by atoms with van der Waals surface area (Å²) in [6, 6.07) is 6.77. The molecule has 1 saturated heterocycles. The van der Waals surface area contributed by atoms with Crippen molar-refractivity contribution in [3.8, 4) is 11.1 Å². The first-order chi connectivity index (χ1) is 22.0. The minimum Gasteiger partial charge on any atom is -0.461 e. The number of carbonyl (C=O) groups is 2. The molecule has 0 radical (unpaired) electrons. The molecular formula is C36H40FN5O4. The van der Waals surface area contributed by atoms with E-state index in [2.05, 4.69) is 34.4 Å². The lowest BCUT2D eigenvalue weighted by molar-refractivity contribution is -0.142. The predicted molar refractivity (Wildman–Crippen MR) is 174 cm³/mol. The molecule has 0 saturated carbocycles. The summed E-state index contributed by atoms with van der Waals surface area (Å²) in [6.45, 7) is 7.58. The van der Waals surface area contributed by atoms with E-state index in [0.29, 0.717) is 52.9 Å². The summed E-state index contributed by atoms with van der Waals surface area (Å²) in [5.41, 5.74) is 9.25. The molecular weight excluding hydrogens is 585 g/mol. The van der Waals surface area contributed by atoms with Crippen LogP contribution in [-0.2, 0) is 42.6 Å². The van der Waals surface area contributed by atoms with E-state index in [1.807, 2.05) is 12.3 Å².